The molecule has 6 nitrogen and oxygen atoms in total. The van der Waals surface area contributed by atoms with Crippen LogP contribution in [0.3, 0.4) is 0 Å². The Balaban J connectivity index is 1.72. The van der Waals surface area contributed by atoms with Gasteiger partial charge in [-0.3, -0.25) is 9.20 Å². The van der Waals surface area contributed by atoms with Gasteiger partial charge < -0.3 is 5.32 Å². The summed E-state index contributed by atoms with van der Waals surface area (Å²) in [5, 5.41) is 8.58. The van der Waals surface area contributed by atoms with Crippen LogP contribution in [0.2, 0.25) is 0 Å². The SMILES string of the molecule is Cc1nn(CC(=O)Nc2ccccc2F)c(=O)n2c1cc1sccc12. The van der Waals surface area contributed by atoms with Gasteiger partial charge in [0.25, 0.3) is 0 Å². The molecule has 0 saturated carbocycles. The number of carbonyl (C=O) groups is 1. The third-order valence-electron chi connectivity index (χ3n) is 3.92. The van der Waals surface area contributed by atoms with Gasteiger partial charge in [-0.1, -0.05) is 12.1 Å². The van der Waals surface area contributed by atoms with Crippen LogP contribution < -0.4 is 11.0 Å². The van der Waals surface area contributed by atoms with Crippen molar-refractivity contribution in [2.45, 2.75) is 13.5 Å². The predicted molar refractivity (Wildman–Crippen MR) is 94.6 cm³/mol. The molecule has 3 heterocycles. The lowest BCUT2D eigenvalue weighted by atomic mass is 10.3. The molecule has 8 heteroatoms. The van der Waals surface area contributed by atoms with Crippen molar-refractivity contribution in [3.05, 3.63) is 63.8 Å². The second kappa shape index (κ2) is 5.82. The normalized spacial score (nSPS) is 11.3. The Morgan fingerprint density at radius 1 is 1.28 bits per heavy atom. The lowest BCUT2D eigenvalue weighted by Crippen LogP contribution is -2.34. The van der Waals surface area contributed by atoms with E-state index in [1.54, 1.807) is 17.4 Å². The number of hydrogen-bond donors (Lipinski definition) is 1. The highest BCUT2D eigenvalue weighted by Gasteiger charge is 2.15. The number of nitrogens with one attached hydrogen (secondary N) is 1. The molecule has 4 rings (SSSR count). The van der Waals surface area contributed by atoms with Gasteiger partial charge in [0.2, 0.25) is 5.91 Å². The van der Waals surface area contributed by atoms with E-state index in [-0.39, 0.29) is 12.2 Å². The van der Waals surface area contributed by atoms with Gasteiger partial charge >= 0.3 is 5.69 Å². The van der Waals surface area contributed by atoms with Gasteiger partial charge in [-0.2, -0.15) is 5.10 Å². The predicted octanol–water partition coefficient (Wildman–Crippen LogP) is 2.80. The van der Waals surface area contributed by atoms with Gasteiger partial charge in [0.15, 0.2) is 0 Å². The summed E-state index contributed by atoms with van der Waals surface area (Å²) in [6.45, 7) is 1.48. The molecule has 0 fully saturated rings. The van der Waals surface area contributed by atoms with Crippen molar-refractivity contribution in [1.29, 1.82) is 0 Å². The molecular formula is C17H13FN4O2S. The summed E-state index contributed by atoms with van der Waals surface area (Å²) in [6.07, 6.45) is 0. The molecule has 126 valence electrons. The van der Waals surface area contributed by atoms with Crippen LogP contribution in [-0.4, -0.2) is 20.1 Å². The van der Waals surface area contributed by atoms with Crippen LogP contribution in [0, 0.1) is 12.7 Å². The van der Waals surface area contributed by atoms with Crippen molar-refractivity contribution >= 4 is 38.7 Å². The van der Waals surface area contributed by atoms with E-state index in [0.29, 0.717) is 5.69 Å². The average molecular weight is 356 g/mol. The minimum Gasteiger partial charge on any atom is -0.322 e. The fourth-order valence-electron chi connectivity index (χ4n) is 2.78. The highest BCUT2D eigenvalue weighted by molar-refractivity contribution is 7.17. The second-order valence-electron chi connectivity index (χ2n) is 5.59. The topological polar surface area (TPSA) is 68.4 Å². The van der Waals surface area contributed by atoms with Crippen molar-refractivity contribution in [3.8, 4) is 0 Å². The molecule has 0 radical (unpaired) electrons. The maximum atomic E-state index is 13.6. The number of hydrogen-bond acceptors (Lipinski definition) is 4. The Labute approximate surface area is 145 Å². The maximum Gasteiger partial charge on any atom is 0.350 e. The number of aromatic nitrogens is 3. The smallest absolute Gasteiger partial charge is 0.322 e. The molecule has 0 aliphatic rings. The molecule has 0 bridgehead atoms. The number of rotatable bonds is 3. The Bertz CT molecular complexity index is 1170. The van der Waals surface area contributed by atoms with Crippen molar-refractivity contribution in [1.82, 2.24) is 14.2 Å². The molecule has 0 atom stereocenters. The first kappa shape index (κ1) is 15.5. The summed E-state index contributed by atoms with van der Waals surface area (Å²) in [6, 6.07) is 9.63. The fourth-order valence-corrected chi connectivity index (χ4v) is 3.58. The molecule has 3 aromatic heterocycles. The molecule has 0 spiro atoms. The van der Waals surface area contributed by atoms with E-state index in [0.717, 1.165) is 20.4 Å². The van der Waals surface area contributed by atoms with Gasteiger partial charge in [-0.25, -0.2) is 13.9 Å². The zero-order valence-corrected chi connectivity index (χ0v) is 14.0. The van der Waals surface area contributed by atoms with E-state index >= 15 is 0 Å². The standard InChI is InChI=1S/C17H13FN4O2S/c1-10-14-8-15-13(6-7-25-15)22(14)17(24)21(20-10)9-16(23)19-12-5-3-2-4-11(12)18/h2-8H,9H2,1H3,(H,19,23). The van der Waals surface area contributed by atoms with Gasteiger partial charge in [0.05, 0.1) is 27.1 Å². The van der Waals surface area contributed by atoms with Crippen LogP contribution in [0.5, 0.6) is 0 Å². The quantitative estimate of drug-likeness (QED) is 0.614. The largest absolute Gasteiger partial charge is 0.350 e. The first-order chi connectivity index (χ1) is 12.0. The highest BCUT2D eigenvalue weighted by atomic mass is 32.1. The first-order valence-corrected chi connectivity index (χ1v) is 8.43. The summed E-state index contributed by atoms with van der Waals surface area (Å²) >= 11 is 1.54. The van der Waals surface area contributed by atoms with Gasteiger partial charge in [0.1, 0.15) is 12.4 Å². The van der Waals surface area contributed by atoms with E-state index < -0.39 is 17.4 Å². The summed E-state index contributed by atoms with van der Waals surface area (Å²) < 4.78 is 17.3. The first-order valence-electron chi connectivity index (χ1n) is 7.55. The van der Waals surface area contributed by atoms with Crippen LogP contribution in [0.1, 0.15) is 5.69 Å². The molecule has 1 N–H and O–H groups in total. The molecule has 25 heavy (non-hydrogen) atoms. The number of halogens is 1. The number of anilines is 1. The number of para-hydroxylation sites is 1. The van der Waals surface area contributed by atoms with Gasteiger partial charge in [-0.05, 0) is 36.6 Å². The minimum atomic E-state index is -0.534. The van der Waals surface area contributed by atoms with Crippen LogP contribution >= 0.6 is 11.3 Å². The monoisotopic (exact) mass is 356 g/mol. The van der Waals surface area contributed by atoms with Crippen LogP contribution in [0.4, 0.5) is 10.1 Å². The Morgan fingerprint density at radius 2 is 2.08 bits per heavy atom. The summed E-state index contributed by atoms with van der Waals surface area (Å²) in [4.78, 5) is 24.9. The molecular weight excluding hydrogens is 343 g/mol. The zero-order valence-electron chi connectivity index (χ0n) is 13.2. The van der Waals surface area contributed by atoms with Gasteiger partial charge in [0, 0.05) is 0 Å². The number of nitrogens with zero attached hydrogens (tertiary/aromatic N) is 3. The van der Waals surface area contributed by atoms with E-state index in [1.807, 2.05) is 17.5 Å². The number of fused-ring (bicyclic) bond motifs is 3. The van der Waals surface area contributed by atoms with Crippen LogP contribution in [-0.2, 0) is 11.3 Å². The van der Waals surface area contributed by atoms with Crippen LogP contribution in [0.15, 0.2) is 46.6 Å². The third kappa shape index (κ3) is 2.60. The lowest BCUT2D eigenvalue weighted by Gasteiger charge is -2.09. The number of carbonyl (C=O) groups excluding carboxylic acids is 1. The Morgan fingerprint density at radius 3 is 2.88 bits per heavy atom. The molecule has 1 aromatic carbocycles. The van der Waals surface area contributed by atoms with Crippen LogP contribution in [0.25, 0.3) is 15.7 Å². The van der Waals surface area contributed by atoms with Crippen molar-refractivity contribution < 1.29 is 9.18 Å². The average Bonchev–Trinajstić information content (AvgIpc) is 3.15. The second-order valence-corrected chi connectivity index (χ2v) is 6.54. The molecule has 0 aliphatic carbocycles. The van der Waals surface area contributed by atoms with Gasteiger partial charge in [-0.15, -0.1) is 11.3 Å². The molecule has 0 unspecified atom stereocenters. The van der Waals surface area contributed by atoms with Crippen molar-refractivity contribution in [2.75, 3.05) is 5.32 Å². The molecule has 4 aromatic rings. The van der Waals surface area contributed by atoms with Crippen molar-refractivity contribution in [3.63, 3.8) is 0 Å². The number of amides is 1. The zero-order chi connectivity index (χ0) is 17.6. The highest BCUT2D eigenvalue weighted by Crippen LogP contribution is 2.24. The minimum absolute atomic E-state index is 0.0690. The molecule has 0 saturated heterocycles. The van der Waals surface area contributed by atoms with E-state index in [9.17, 15) is 14.0 Å². The fraction of sp³-hybridized carbons (Fsp3) is 0.118. The molecule has 0 aliphatic heterocycles. The number of aryl methyl sites for hydroxylation is 1. The van der Waals surface area contributed by atoms with E-state index in [1.165, 1.54) is 29.5 Å². The Hall–Kier alpha value is -3.00. The Kier molecular flexibility index (Phi) is 3.61. The summed E-state index contributed by atoms with van der Waals surface area (Å²) in [5.74, 6) is -1.06. The third-order valence-corrected chi connectivity index (χ3v) is 4.77. The van der Waals surface area contributed by atoms with E-state index in [2.05, 4.69) is 10.4 Å². The van der Waals surface area contributed by atoms with E-state index in [4.69, 9.17) is 0 Å². The summed E-state index contributed by atoms with van der Waals surface area (Å²) in [5.41, 5.74) is 1.82. The van der Waals surface area contributed by atoms with Crippen molar-refractivity contribution in [2.24, 2.45) is 0 Å². The number of benzene rings is 1. The molecule has 1 amide bonds. The lowest BCUT2D eigenvalue weighted by molar-refractivity contribution is -0.117. The maximum absolute atomic E-state index is 13.6. The number of thiophene rings is 1. The summed E-state index contributed by atoms with van der Waals surface area (Å²) in [7, 11) is 0.